The first-order chi connectivity index (χ1) is 12.3. The predicted octanol–water partition coefficient (Wildman–Crippen LogP) is 2.64. The van der Waals surface area contributed by atoms with E-state index < -0.39 is 46.8 Å². The molecule has 0 aliphatic carbocycles. The van der Waals surface area contributed by atoms with Crippen molar-refractivity contribution in [3.05, 3.63) is 41.6 Å². The quantitative estimate of drug-likeness (QED) is 0.448. The monoisotopic (exact) mass is 401 g/mol. The van der Waals surface area contributed by atoms with Gasteiger partial charge in [-0.15, -0.1) is 0 Å². The third kappa shape index (κ3) is 4.70. The van der Waals surface area contributed by atoms with Crippen molar-refractivity contribution in [2.75, 3.05) is 19.5 Å². The van der Waals surface area contributed by atoms with E-state index in [4.69, 9.17) is 0 Å². The summed E-state index contributed by atoms with van der Waals surface area (Å²) in [5.41, 5.74) is -7.77. The standard InChI is InChI=1S/C15H13F6NO5/c1-26-11(23)7-10(12(24)27-2)22-9-5-3-4-8(6-9)13(25,14(16,17)18)15(19,20)21/h3-7,22,25H,1-2H3/b10-7+. The number of alkyl halides is 6. The summed E-state index contributed by atoms with van der Waals surface area (Å²) in [6, 6.07) is 2.53. The van der Waals surface area contributed by atoms with Crippen molar-refractivity contribution in [3.8, 4) is 0 Å². The Hall–Kier alpha value is -2.76. The maximum atomic E-state index is 12.9. The van der Waals surface area contributed by atoms with Crippen molar-refractivity contribution in [2.45, 2.75) is 18.0 Å². The largest absolute Gasteiger partial charge is 0.466 e. The molecular formula is C15H13F6NO5. The first-order valence-corrected chi connectivity index (χ1v) is 6.89. The van der Waals surface area contributed by atoms with Crippen LogP contribution in [0, 0.1) is 0 Å². The molecule has 27 heavy (non-hydrogen) atoms. The number of halogens is 6. The highest BCUT2D eigenvalue weighted by Gasteiger charge is 2.71. The molecule has 1 rings (SSSR count). The molecule has 0 atom stereocenters. The van der Waals surface area contributed by atoms with Crippen LogP contribution in [0.4, 0.5) is 32.0 Å². The fraction of sp³-hybridized carbons (Fsp3) is 0.333. The highest BCUT2D eigenvalue weighted by atomic mass is 19.4. The molecule has 0 saturated carbocycles. The van der Waals surface area contributed by atoms with Crippen molar-refractivity contribution in [1.82, 2.24) is 0 Å². The third-order valence-corrected chi connectivity index (χ3v) is 3.25. The molecule has 0 aliphatic rings. The Morgan fingerprint density at radius 1 is 1.04 bits per heavy atom. The number of carbonyl (C=O) groups excluding carboxylic acids is 2. The number of esters is 2. The zero-order valence-corrected chi connectivity index (χ0v) is 13.7. The van der Waals surface area contributed by atoms with Crippen molar-refractivity contribution >= 4 is 17.6 Å². The van der Waals surface area contributed by atoms with Crippen LogP contribution in [0.15, 0.2) is 36.0 Å². The number of methoxy groups -OCH3 is 2. The second kappa shape index (κ2) is 7.86. The van der Waals surface area contributed by atoms with Crippen LogP contribution >= 0.6 is 0 Å². The van der Waals surface area contributed by atoms with Crippen LogP contribution in [0.3, 0.4) is 0 Å². The number of aliphatic hydroxyl groups is 1. The topological polar surface area (TPSA) is 84.9 Å². The summed E-state index contributed by atoms with van der Waals surface area (Å²) < 4.78 is 86.3. The first kappa shape index (κ1) is 22.3. The van der Waals surface area contributed by atoms with Gasteiger partial charge in [0, 0.05) is 11.3 Å². The molecule has 12 heteroatoms. The lowest BCUT2D eigenvalue weighted by atomic mass is 9.92. The summed E-state index contributed by atoms with van der Waals surface area (Å²) in [5.74, 6) is -2.19. The van der Waals surface area contributed by atoms with E-state index >= 15 is 0 Å². The number of carbonyl (C=O) groups is 2. The van der Waals surface area contributed by atoms with Crippen LogP contribution < -0.4 is 5.32 Å². The van der Waals surface area contributed by atoms with Crippen molar-refractivity contribution in [1.29, 1.82) is 0 Å². The third-order valence-electron chi connectivity index (χ3n) is 3.25. The van der Waals surface area contributed by atoms with Crippen LogP contribution in [0.1, 0.15) is 5.56 Å². The molecule has 0 radical (unpaired) electrons. The minimum atomic E-state index is -6.07. The van der Waals surface area contributed by atoms with Crippen LogP contribution in [0.5, 0.6) is 0 Å². The van der Waals surface area contributed by atoms with E-state index in [0.717, 1.165) is 26.4 Å². The molecule has 0 bridgehead atoms. The van der Waals surface area contributed by atoms with E-state index in [1.165, 1.54) is 0 Å². The Balaban J connectivity index is 3.41. The van der Waals surface area contributed by atoms with Crippen LogP contribution in [0.25, 0.3) is 0 Å². The molecule has 0 aliphatic heterocycles. The predicted molar refractivity (Wildman–Crippen MR) is 78.2 cm³/mol. The molecule has 0 fully saturated rings. The zero-order chi connectivity index (χ0) is 21.0. The Morgan fingerprint density at radius 3 is 2.04 bits per heavy atom. The Bertz CT molecular complexity index is 727. The average molecular weight is 401 g/mol. The molecule has 6 nitrogen and oxygen atoms in total. The SMILES string of the molecule is COC(=O)/C=C(/Nc1cccc(C(O)(C(F)(F)F)C(F)(F)F)c1)C(=O)OC. The van der Waals surface area contributed by atoms with Gasteiger partial charge in [-0.1, -0.05) is 12.1 Å². The molecule has 1 aromatic rings. The molecule has 1 aromatic carbocycles. The molecule has 2 N–H and O–H groups in total. The van der Waals surface area contributed by atoms with E-state index in [9.17, 15) is 41.0 Å². The van der Waals surface area contributed by atoms with Gasteiger partial charge in [0.25, 0.3) is 5.60 Å². The Kier molecular flexibility index (Phi) is 6.49. The van der Waals surface area contributed by atoms with E-state index in [0.29, 0.717) is 18.2 Å². The number of hydrogen-bond donors (Lipinski definition) is 2. The van der Waals surface area contributed by atoms with E-state index in [1.54, 1.807) is 0 Å². The molecule has 0 heterocycles. The molecule has 0 aromatic heterocycles. The lowest BCUT2D eigenvalue weighted by molar-refractivity contribution is -0.376. The Labute approximate surface area is 148 Å². The normalized spacial score (nSPS) is 13.1. The minimum absolute atomic E-state index is 0.328. The van der Waals surface area contributed by atoms with Gasteiger partial charge in [0.2, 0.25) is 0 Å². The fourth-order valence-corrected chi connectivity index (χ4v) is 1.90. The summed E-state index contributed by atoms with van der Waals surface area (Å²) in [5, 5.41) is 11.5. The highest BCUT2D eigenvalue weighted by Crippen LogP contribution is 2.50. The number of nitrogens with one attached hydrogen (secondary N) is 1. The van der Waals surface area contributed by atoms with Gasteiger partial charge < -0.3 is 19.9 Å². The van der Waals surface area contributed by atoms with Gasteiger partial charge >= 0.3 is 24.3 Å². The first-order valence-electron chi connectivity index (χ1n) is 6.89. The van der Waals surface area contributed by atoms with Crippen LogP contribution in [0.2, 0.25) is 0 Å². The molecule has 150 valence electrons. The second-order valence-electron chi connectivity index (χ2n) is 4.98. The summed E-state index contributed by atoms with van der Waals surface area (Å²) in [7, 11) is 1.90. The van der Waals surface area contributed by atoms with Crippen molar-refractivity contribution in [2.24, 2.45) is 0 Å². The van der Waals surface area contributed by atoms with Crippen molar-refractivity contribution < 1.29 is 50.5 Å². The van der Waals surface area contributed by atoms with Gasteiger partial charge in [0.1, 0.15) is 5.70 Å². The lowest BCUT2D eigenvalue weighted by Crippen LogP contribution is -2.53. The summed E-state index contributed by atoms with van der Waals surface area (Å²) in [6.45, 7) is 0. The lowest BCUT2D eigenvalue weighted by Gasteiger charge is -2.32. The van der Waals surface area contributed by atoms with Gasteiger partial charge in [-0.25, -0.2) is 9.59 Å². The average Bonchev–Trinajstić information content (AvgIpc) is 2.57. The molecule has 0 spiro atoms. The van der Waals surface area contributed by atoms with Crippen LogP contribution in [-0.2, 0) is 24.7 Å². The smallest absolute Gasteiger partial charge is 0.430 e. The molecular weight excluding hydrogens is 388 g/mol. The van der Waals surface area contributed by atoms with Crippen molar-refractivity contribution in [3.63, 3.8) is 0 Å². The number of anilines is 1. The number of rotatable bonds is 5. The second-order valence-corrected chi connectivity index (χ2v) is 4.98. The van der Waals surface area contributed by atoms with E-state index in [2.05, 4.69) is 14.8 Å². The number of ether oxygens (including phenoxy) is 2. The van der Waals surface area contributed by atoms with Gasteiger partial charge in [-0.2, -0.15) is 26.3 Å². The number of hydrogen-bond acceptors (Lipinski definition) is 6. The van der Waals surface area contributed by atoms with Crippen LogP contribution in [-0.4, -0.2) is 43.6 Å². The molecule has 0 amide bonds. The summed E-state index contributed by atoms with van der Waals surface area (Å²) >= 11 is 0. The molecule has 0 unspecified atom stereocenters. The van der Waals surface area contributed by atoms with Gasteiger partial charge in [0.05, 0.1) is 20.3 Å². The zero-order valence-electron chi connectivity index (χ0n) is 13.7. The van der Waals surface area contributed by atoms with Gasteiger partial charge in [-0.05, 0) is 12.1 Å². The number of benzene rings is 1. The van der Waals surface area contributed by atoms with E-state index in [-0.39, 0.29) is 0 Å². The van der Waals surface area contributed by atoms with Gasteiger partial charge in [0.15, 0.2) is 0 Å². The summed E-state index contributed by atoms with van der Waals surface area (Å²) in [4.78, 5) is 22.8. The van der Waals surface area contributed by atoms with Gasteiger partial charge in [-0.3, -0.25) is 0 Å². The molecule has 0 saturated heterocycles. The van der Waals surface area contributed by atoms with E-state index in [1.807, 2.05) is 0 Å². The maximum absolute atomic E-state index is 12.9. The maximum Gasteiger partial charge on any atom is 0.430 e. The highest BCUT2D eigenvalue weighted by molar-refractivity contribution is 5.98. The fourth-order valence-electron chi connectivity index (χ4n) is 1.90. The Morgan fingerprint density at radius 2 is 1.59 bits per heavy atom. The summed E-state index contributed by atoms with van der Waals surface area (Å²) in [6.07, 6.45) is -11.6. The minimum Gasteiger partial charge on any atom is -0.466 e.